The first-order valence-electron chi connectivity index (χ1n) is 11.5. The van der Waals surface area contributed by atoms with Gasteiger partial charge in [-0.2, -0.15) is 0 Å². The number of nitrogens with one attached hydrogen (secondary N) is 1. The molecule has 1 N–H and O–H groups in total. The predicted octanol–water partition coefficient (Wildman–Crippen LogP) is 4.08. The molecule has 0 aromatic heterocycles. The third-order valence-corrected chi connectivity index (χ3v) is 6.04. The quantitative estimate of drug-likeness (QED) is 0.485. The second kappa shape index (κ2) is 10.6. The van der Waals surface area contributed by atoms with E-state index in [9.17, 15) is 9.59 Å². The van der Waals surface area contributed by atoms with Crippen molar-refractivity contribution < 1.29 is 19.1 Å². The maximum atomic E-state index is 13.2. The van der Waals surface area contributed by atoms with Crippen LogP contribution in [0.1, 0.15) is 17.0 Å². The topological polar surface area (TPSA) is 83.5 Å². The molecule has 8 nitrogen and oxygen atoms in total. The number of benzene rings is 3. The van der Waals surface area contributed by atoms with Crippen molar-refractivity contribution in [2.75, 3.05) is 52.1 Å². The zero-order valence-electron chi connectivity index (χ0n) is 21.1. The molecule has 1 aliphatic heterocycles. The van der Waals surface area contributed by atoms with Crippen LogP contribution >= 0.6 is 0 Å². The Hall–Kier alpha value is -4.17. The molecule has 2 amide bonds. The summed E-state index contributed by atoms with van der Waals surface area (Å²) in [7, 11) is 8.60. The van der Waals surface area contributed by atoms with E-state index in [1.165, 1.54) is 0 Å². The van der Waals surface area contributed by atoms with E-state index in [2.05, 4.69) is 5.32 Å². The third kappa shape index (κ3) is 5.08. The van der Waals surface area contributed by atoms with E-state index < -0.39 is 5.92 Å². The summed E-state index contributed by atoms with van der Waals surface area (Å²) < 4.78 is 10.9. The van der Waals surface area contributed by atoms with Crippen molar-refractivity contribution in [2.24, 2.45) is 4.99 Å². The van der Waals surface area contributed by atoms with Gasteiger partial charge in [0.2, 0.25) is 11.8 Å². The molecule has 0 saturated heterocycles. The van der Waals surface area contributed by atoms with Crippen molar-refractivity contribution in [1.29, 1.82) is 0 Å². The van der Waals surface area contributed by atoms with Gasteiger partial charge in [-0.05, 0) is 55.6 Å². The van der Waals surface area contributed by atoms with Crippen molar-refractivity contribution in [3.8, 4) is 11.5 Å². The van der Waals surface area contributed by atoms with Gasteiger partial charge in [0.1, 0.15) is 5.92 Å². The Bertz CT molecular complexity index is 1290. The molecule has 0 saturated carbocycles. The van der Waals surface area contributed by atoms with Crippen LogP contribution in [0.15, 0.2) is 71.7 Å². The predicted molar refractivity (Wildman–Crippen MR) is 142 cm³/mol. The summed E-state index contributed by atoms with van der Waals surface area (Å²) in [6.45, 7) is 0.318. The molecule has 8 heteroatoms. The lowest BCUT2D eigenvalue weighted by molar-refractivity contribution is -0.119. The molecule has 4 rings (SSSR count). The molecule has 36 heavy (non-hydrogen) atoms. The van der Waals surface area contributed by atoms with Crippen molar-refractivity contribution in [1.82, 2.24) is 4.90 Å². The van der Waals surface area contributed by atoms with Crippen molar-refractivity contribution in [3.63, 3.8) is 0 Å². The van der Waals surface area contributed by atoms with E-state index in [4.69, 9.17) is 14.5 Å². The van der Waals surface area contributed by atoms with Gasteiger partial charge < -0.3 is 24.6 Å². The molecule has 186 valence electrons. The number of carbonyl (C=O) groups is 2. The van der Waals surface area contributed by atoms with E-state index in [0.29, 0.717) is 35.1 Å². The summed E-state index contributed by atoms with van der Waals surface area (Å²) in [5.74, 6) is 0.267. The van der Waals surface area contributed by atoms with Gasteiger partial charge in [0.15, 0.2) is 11.5 Å². The fraction of sp³-hybridized carbons (Fsp3) is 0.250. The molecular formula is C28H30N4O4. The molecule has 0 aliphatic carbocycles. The largest absolute Gasteiger partial charge is 0.493 e. The first-order valence-corrected chi connectivity index (χ1v) is 11.5. The van der Waals surface area contributed by atoms with Crippen LogP contribution in [0.3, 0.4) is 0 Å². The average molecular weight is 487 g/mol. The molecule has 3 aromatic rings. The van der Waals surface area contributed by atoms with Gasteiger partial charge in [0.05, 0.1) is 32.2 Å². The minimum absolute atomic E-state index is 0.00941. The zero-order chi connectivity index (χ0) is 25.8. The van der Waals surface area contributed by atoms with E-state index in [1.807, 2.05) is 79.7 Å². The van der Waals surface area contributed by atoms with Gasteiger partial charge >= 0.3 is 0 Å². The first kappa shape index (κ1) is 24.9. The van der Waals surface area contributed by atoms with E-state index in [0.717, 1.165) is 16.8 Å². The Morgan fingerprint density at radius 1 is 0.944 bits per heavy atom. The van der Waals surface area contributed by atoms with Crippen LogP contribution in [0.25, 0.3) is 0 Å². The molecule has 0 radical (unpaired) electrons. The summed E-state index contributed by atoms with van der Waals surface area (Å²) in [5.41, 5.74) is 4.33. The Balaban J connectivity index is 1.74. The highest BCUT2D eigenvalue weighted by Gasteiger charge is 2.36. The maximum Gasteiger partial charge on any atom is 0.240 e. The summed E-state index contributed by atoms with van der Waals surface area (Å²) >= 11 is 0. The number of hydrogen-bond acceptors (Lipinski definition) is 6. The summed E-state index contributed by atoms with van der Waals surface area (Å²) in [6.07, 6.45) is 0. The number of ether oxygens (including phenoxy) is 2. The number of carbonyl (C=O) groups excluding carboxylic acids is 2. The van der Waals surface area contributed by atoms with Crippen LogP contribution in [0.5, 0.6) is 11.5 Å². The number of rotatable bonds is 8. The number of likely N-dealkylation sites (N-methyl/N-ethyl adjacent to an activating group) is 2. The van der Waals surface area contributed by atoms with Crippen LogP contribution in [0.2, 0.25) is 0 Å². The van der Waals surface area contributed by atoms with E-state index in [1.54, 1.807) is 32.2 Å². The lowest BCUT2D eigenvalue weighted by Gasteiger charge is -2.20. The normalized spacial score (nSPS) is 14.9. The summed E-state index contributed by atoms with van der Waals surface area (Å²) in [5, 5.41) is 2.96. The van der Waals surface area contributed by atoms with Crippen LogP contribution in [-0.4, -0.2) is 64.3 Å². The SMILES string of the molecule is COc1cc2c(cc1OC)C(C(=Nc1ccc(N(C)C(=O)CN(C)C)cc1)c1ccccc1)C(=O)N2. The van der Waals surface area contributed by atoms with Crippen LogP contribution in [0, 0.1) is 0 Å². The molecular weight excluding hydrogens is 456 g/mol. The number of hydrogen-bond donors (Lipinski definition) is 1. The number of nitrogens with zero attached hydrogens (tertiary/aromatic N) is 3. The highest BCUT2D eigenvalue weighted by molar-refractivity contribution is 6.24. The molecule has 0 spiro atoms. The monoisotopic (exact) mass is 486 g/mol. The molecule has 1 heterocycles. The second-order valence-electron chi connectivity index (χ2n) is 8.79. The van der Waals surface area contributed by atoms with Gasteiger partial charge in [-0.3, -0.25) is 14.6 Å². The number of aliphatic imine (C=N–C) groups is 1. The number of anilines is 2. The van der Waals surface area contributed by atoms with Gasteiger partial charge in [-0.15, -0.1) is 0 Å². The lowest BCUT2D eigenvalue weighted by atomic mass is 9.90. The molecule has 3 aromatic carbocycles. The Morgan fingerprint density at radius 3 is 2.19 bits per heavy atom. The van der Waals surface area contributed by atoms with Crippen LogP contribution in [0.4, 0.5) is 17.1 Å². The van der Waals surface area contributed by atoms with Crippen LogP contribution < -0.4 is 19.7 Å². The molecule has 1 atom stereocenters. The Kier molecular flexibility index (Phi) is 7.36. The highest BCUT2D eigenvalue weighted by Crippen LogP contribution is 2.42. The fourth-order valence-electron chi connectivity index (χ4n) is 4.17. The second-order valence-corrected chi connectivity index (χ2v) is 8.79. The van der Waals surface area contributed by atoms with Gasteiger partial charge in [0, 0.05) is 24.5 Å². The van der Waals surface area contributed by atoms with E-state index in [-0.39, 0.29) is 11.8 Å². The first-order chi connectivity index (χ1) is 17.3. The van der Waals surface area contributed by atoms with Gasteiger partial charge in [0.25, 0.3) is 0 Å². The molecule has 1 unspecified atom stereocenters. The van der Waals surface area contributed by atoms with E-state index >= 15 is 0 Å². The van der Waals surface area contributed by atoms with Gasteiger partial charge in [-0.1, -0.05) is 30.3 Å². The average Bonchev–Trinajstić information content (AvgIpc) is 3.20. The highest BCUT2D eigenvalue weighted by atomic mass is 16.5. The minimum atomic E-state index is -0.633. The smallest absolute Gasteiger partial charge is 0.240 e. The lowest BCUT2D eigenvalue weighted by Crippen LogP contribution is -2.34. The molecule has 0 fully saturated rings. The Labute approximate surface area is 211 Å². The van der Waals surface area contributed by atoms with Crippen LogP contribution in [-0.2, 0) is 9.59 Å². The molecule has 0 bridgehead atoms. The third-order valence-electron chi connectivity index (χ3n) is 6.04. The fourth-order valence-corrected chi connectivity index (χ4v) is 4.17. The standard InChI is InChI=1S/C28H30N4O4/c1-31(2)17-25(33)32(3)20-13-11-19(12-14-20)29-27(18-9-7-6-8-10-18)26-21-15-23(35-4)24(36-5)16-22(21)30-28(26)34/h6-16,26H,17H2,1-5H3,(H,30,34). The molecule has 1 aliphatic rings. The summed E-state index contributed by atoms with van der Waals surface area (Å²) in [4.78, 5) is 34.0. The number of fused-ring (bicyclic) bond motifs is 1. The van der Waals surface area contributed by atoms with Gasteiger partial charge in [-0.25, -0.2) is 0 Å². The summed E-state index contributed by atoms with van der Waals surface area (Å²) in [6, 6.07) is 20.6. The number of methoxy groups -OCH3 is 2. The number of amides is 2. The minimum Gasteiger partial charge on any atom is -0.493 e. The Morgan fingerprint density at radius 2 is 1.58 bits per heavy atom. The maximum absolute atomic E-state index is 13.2. The van der Waals surface area contributed by atoms with Crippen molar-refractivity contribution >= 4 is 34.6 Å². The zero-order valence-corrected chi connectivity index (χ0v) is 21.1. The van der Waals surface area contributed by atoms with Crippen molar-refractivity contribution in [3.05, 3.63) is 77.9 Å². The van der Waals surface area contributed by atoms with Crippen molar-refractivity contribution in [2.45, 2.75) is 5.92 Å².